The molecule has 2 rings (SSSR count). The van der Waals surface area contributed by atoms with E-state index in [0.29, 0.717) is 18.7 Å². The van der Waals surface area contributed by atoms with Crippen LogP contribution in [0.25, 0.3) is 0 Å². The number of rotatable bonds is 9. The first-order valence-corrected chi connectivity index (χ1v) is 9.52. The molecule has 0 fully saturated rings. The number of hydrogen-bond acceptors (Lipinski definition) is 4. The molecule has 0 aliphatic heterocycles. The minimum atomic E-state index is -2.92. The van der Waals surface area contributed by atoms with Crippen LogP contribution in [0.2, 0.25) is 0 Å². The number of benzene rings is 2. The number of carbonyl (C=O) groups is 1. The number of methoxy groups -OCH3 is 1. The smallest absolute Gasteiger partial charge is 0.387 e. The SMILES string of the molecule is COc1ccc(CCNC(=O)CSc2ccc(Br)cc2)cc1OC(F)F. The van der Waals surface area contributed by atoms with Crippen LogP contribution in [0, 0.1) is 0 Å². The second kappa shape index (κ2) is 10.4. The van der Waals surface area contributed by atoms with Gasteiger partial charge in [-0.25, -0.2) is 0 Å². The maximum atomic E-state index is 12.4. The van der Waals surface area contributed by atoms with Crippen molar-refractivity contribution in [2.24, 2.45) is 0 Å². The highest BCUT2D eigenvalue weighted by Crippen LogP contribution is 2.29. The molecule has 8 heteroatoms. The van der Waals surface area contributed by atoms with E-state index >= 15 is 0 Å². The highest BCUT2D eigenvalue weighted by Gasteiger charge is 2.11. The highest BCUT2D eigenvalue weighted by molar-refractivity contribution is 9.10. The number of hydrogen-bond donors (Lipinski definition) is 1. The van der Waals surface area contributed by atoms with Crippen molar-refractivity contribution in [1.82, 2.24) is 5.32 Å². The van der Waals surface area contributed by atoms with Gasteiger partial charge in [0.2, 0.25) is 5.91 Å². The summed E-state index contributed by atoms with van der Waals surface area (Å²) in [5.41, 5.74) is 0.766. The largest absolute Gasteiger partial charge is 0.493 e. The Labute approximate surface area is 163 Å². The maximum absolute atomic E-state index is 12.4. The molecule has 0 unspecified atom stereocenters. The zero-order chi connectivity index (χ0) is 18.9. The lowest BCUT2D eigenvalue weighted by Gasteiger charge is -2.12. The predicted octanol–water partition coefficient (Wildman–Crippen LogP) is 4.51. The lowest BCUT2D eigenvalue weighted by atomic mass is 10.1. The molecule has 0 heterocycles. The Hall–Kier alpha value is -1.80. The summed E-state index contributed by atoms with van der Waals surface area (Å²) in [6.07, 6.45) is 0.498. The first-order chi connectivity index (χ1) is 12.5. The molecule has 1 amide bonds. The van der Waals surface area contributed by atoms with Gasteiger partial charge in [-0.3, -0.25) is 4.79 Å². The number of ether oxygens (including phenoxy) is 2. The van der Waals surface area contributed by atoms with E-state index in [4.69, 9.17) is 4.74 Å². The van der Waals surface area contributed by atoms with Gasteiger partial charge in [-0.15, -0.1) is 11.8 Å². The second-order valence-corrected chi connectivity index (χ2v) is 7.17. The minimum Gasteiger partial charge on any atom is -0.493 e. The Balaban J connectivity index is 1.79. The molecule has 1 N–H and O–H groups in total. The molecule has 0 aromatic heterocycles. The molecular formula is C18H18BrF2NO3S. The Morgan fingerprint density at radius 3 is 2.58 bits per heavy atom. The van der Waals surface area contributed by atoms with Crippen molar-refractivity contribution in [2.45, 2.75) is 17.9 Å². The number of amides is 1. The van der Waals surface area contributed by atoms with E-state index in [2.05, 4.69) is 26.0 Å². The molecule has 0 atom stereocenters. The molecule has 0 saturated heterocycles. The Kier molecular flexibility index (Phi) is 8.18. The molecule has 0 radical (unpaired) electrons. The van der Waals surface area contributed by atoms with Crippen LogP contribution in [0.4, 0.5) is 8.78 Å². The lowest BCUT2D eigenvalue weighted by Crippen LogP contribution is -2.27. The molecular weight excluding hydrogens is 428 g/mol. The first-order valence-electron chi connectivity index (χ1n) is 7.74. The zero-order valence-corrected chi connectivity index (χ0v) is 16.4. The van der Waals surface area contributed by atoms with E-state index in [1.165, 1.54) is 24.9 Å². The van der Waals surface area contributed by atoms with Crippen LogP contribution in [-0.4, -0.2) is 31.9 Å². The van der Waals surface area contributed by atoms with E-state index in [0.717, 1.165) is 14.9 Å². The molecule has 2 aromatic rings. The fourth-order valence-corrected chi connectivity index (χ4v) is 3.13. The van der Waals surface area contributed by atoms with Gasteiger partial charge in [-0.05, 0) is 48.4 Å². The van der Waals surface area contributed by atoms with E-state index < -0.39 is 6.61 Å². The summed E-state index contributed by atoms with van der Waals surface area (Å²) in [4.78, 5) is 12.9. The Morgan fingerprint density at radius 1 is 1.19 bits per heavy atom. The van der Waals surface area contributed by atoms with Crippen LogP contribution in [0.3, 0.4) is 0 Å². The van der Waals surface area contributed by atoms with Crippen LogP contribution in [0.1, 0.15) is 5.56 Å². The molecule has 0 aliphatic rings. The van der Waals surface area contributed by atoms with E-state index in [-0.39, 0.29) is 17.4 Å². The summed E-state index contributed by atoms with van der Waals surface area (Å²) < 4.78 is 35.3. The third-order valence-electron chi connectivity index (χ3n) is 3.36. The summed E-state index contributed by atoms with van der Waals surface area (Å²) in [7, 11) is 1.39. The monoisotopic (exact) mass is 445 g/mol. The van der Waals surface area contributed by atoms with Crippen molar-refractivity contribution in [1.29, 1.82) is 0 Å². The number of carbonyl (C=O) groups excluding carboxylic acids is 1. The topological polar surface area (TPSA) is 47.6 Å². The first kappa shape index (κ1) is 20.5. The summed E-state index contributed by atoms with van der Waals surface area (Å²) >= 11 is 4.81. The maximum Gasteiger partial charge on any atom is 0.387 e. The molecule has 4 nitrogen and oxygen atoms in total. The van der Waals surface area contributed by atoms with Gasteiger partial charge in [0.25, 0.3) is 0 Å². The molecule has 0 aliphatic carbocycles. The van der Waals surface area contributed by atoms with Crippen molar-refractivity contribution >= 4 is 33.6 Å². The van der Waals surface area contributed by atoms with Gasteiger partial charge in [-0.1, -0.05) is 22.0 Å². The zero-order valence-electron chi connectivity index (χ0n) is 14.0. The van der Waals surface area contributed by atoms with Crippen molar-refractivity contribution in [3.63, 3.8) is 0 Å². The van der Waals surface area contributed by atoms with Gasteiger partial charge >= 0.3 is 6.61 Å². The fourth-order valence-electron chi connectivity index (χ4n) is 2.14. The van der Waals surface area contributed by atoms with Gasteiger partial charge < -0.3 is 14.8 Å². The molecule has 140 valence electrons. The lowest BCUT2D eigenvalue weighted by molar-refractivity contribution is -0.118. The molecule has 2 aromatic carbocycles. The van der Waals surface area contributed by atoms with Gasteiger partial charge in [0.15, 0.2) is 11.5 Å². The van der Waals surface area contributed by atoms with Crippen LogP contribution in [0.5, 0.6) is 11.5 Å². The van der Waals surface area contributed by atoms with Crippen molar-refractivity contribution in [3.8, 4) is 11.5 Å². The van der Waals surface area contributed by atoms with Crippen LogP contribution in [0.15, 0.2) is 51.8 Å². The quantitative estimate of drug-likeness (QED) is 0.576. The number of nitrogens with one attached hydrogen (secondary N) is 1. The predicted molar refractivity (Wildman–Crippen MR) is 101 cm³/mol. The third kappa shape index (κ3) is 6.84. The standard InChI is InChI=1S/C18H18BrF2NO3S/c1-24-15-7-2-12(10-16(15)25-18(20)21)8-9-22-17(23)11-26-14-5-3-13(19)4-6-14/h2-7,10,18H,8-9,11H2,1H3,(H,22,23). The summed E-state index contributed by atoms with van der Waals surface area (Å²) in [6.45, 7) is -2.52. The van der Waals surface area contributed by atoms with Crippen molar-refractivity contribution in [2.75, 3.05) is 19.4 Å². The van der Waals surface area contributed by atoms with Crippen molar-refractivity contribution in [3.05, 3.63) is 52.5 Å². The highest BCUT2D eigenvalue weighted by atomic mass is 79.9. The van der Waals surface area contributed by atoms with E-state index in [1.54, 1.807) is 12.1 Å². The van der Waals surface area contributed by atoms with Gasteiger partial charge in [0, 0.05) is 15.9 Å². The molecule has 26 heavy (non-hydrogen) atoms. The van der Waals surface area contributed by atoms with Crippen LogP contribution < -0.4 is 14.8 Å². The van der Waals surface area contributed by atoms with Crippen molar-refractivity contribution < 1.29 is 23.0 Å². The van der Waals surface area contributed by atoms with Crippen LogP contribution >= 0.6 is 27.7 Å². The summed E-state index contributed by atoms with van der Waals surface area (Å²) in [5, 5.41) is 2.81. The third-order valence-corrected chi connectivity index (χ3v) is 4.90. The fraction of sp³-hybridized carbons (Fsp3) is 0.278. The van der Waals surface area contributed by atoms with E-state index in [1.807, 2.05) is 24.3 Å². The van der Waals surface area contributed by atoms with Gasteiger partial charge in [0.1, 0.15) is 0 Å². The molecule has 0 bridgehead atoms. The summed E-state index contributed by atoms with van der Waals surface area (Å²) in [6, 6.07) is 12.5. The molecule has 0 spiro atoms. The average Bonchev–Trinajstić information content (AvgIpc) is 2.61. The Morgan fingerprint density at radius 2 is 1.92 bits per heavy atom. The second-order valence-electron chi connectivity index (χ2n) is 5.21. The van der Waals surface area contributed by atoms with Gasteiger partial charge in [-0.2, -0.15) is 8.78 Å². The number of alkyl halides is 2. The van der Waals surface area contributed by atoms with Crippen LogP contribution in [-0.2, 0) is 11.2 Å². The Bertz CT molecular complexity index is 729. The average molecular weight is 446 g/mol. The minimum absolute atomic E-state index is 0.0166. The number of halogens is 3. The van der Waals surface area contributed by atoms with E-state index in [9.17, 15) is 13.6 Å². The normalized spacial score (nSPS) is 10.7. The summed E-state index contributed by atoms with van der Waals surface area (Å²) in [5.74, 6) is 0.445. The molecule has 0 saturated carbocycles. The number of thioether (sulfide) groups is 1. The van der Waals surface area contributed by atoms with Gasteiger partial charge in [0.05, 0.1) is 12.9 Å².